The van der Waals surface area contributed by atoms with Crippen molar-refractivity contribution < 1.29 is 9.59 Å². The predicted octanol–water partition coefficient (Wildman–Crippen LogP) is 2.83. The van der Waals surface area contributed by atoms with Gasteiger partial charge in [0.15, 0.2) is 0 Å². The van der Waals surface area contributed by atoms with E-state index in [0.29, 0.717) is 29.3 Å². The van der Waals surface area contributed by atoms with Gasteiger partial charge in [-0.15, -0.1) is 12.4 Å². The van der Waals surface area contributed by atoms with Crippen molar-refractivity contribution in [3.8, 4) is 0 Å². The van der Waals surface area contributed by atoms with Gasteiger partial charge in [0.2, 0.25) is 0 Å². The summed E-state index contributed by atoms with van der Waals surface area (Å²) in [6.45, 7) is 0.460. The number of anilines is 1. The van der Waals surface area contributed by atoms with E-state index < -0.39 is 0 Å². The fraction of sp³-hybridized carbons (Fsp3) is 0.263. The number of hydrogen-bond acceptors (Lipinski definition) is 3. The first-order valence-electron chi connectivity index (χ1n) is 8.15. The van der Waals surface area contributed by atoms with Crippen LogP contribution < -0.4 is 16.4 Å². The Morgan fingerprint density at radius 1 is 0.960 bits per heavy atom. The van der Waals surface area contributed by atoms with Gasteiger partial charge < -0.3 is 16.4 Å². The molecule has 1 atom stereocenters. The molecule has 0 saturated heterocycles. The molecule has 1 fully saturated rings. The van der Waals surface area contributed by atoms with Crippen LogP contribution in [0.2, 0.25) is 0 Å². The molecule has 3 rings (SSSR count). The largest absolute Gasteiger partial charge is 0.348 e. The van der Waals surface area contributed by atoms with E-state index in [1.807, 2.05) is 18.2 Å². The van der Waals surface area contributed by atoms with Crippen molar-refractivity contribution in [2.75, 3.05) is 11.9 Å². The third kappa shape index (κ3) is 5.05. The lowest BCUT2D eigenvalue weighted by atomic mass is 10.1. The van der Waals surface area contributed by atoms with Gasteiger partial charge >= 0.3 is 0 Å². The van der Waals surface area contributed by atoms with Crippen LogP contribution in [0.1, 0.15) is 33.6 Å². The van der Waals surface area contributed by atoms with Crippen molar-refractivity contribution in [2.24, 2.45) is 11.7 Å². The number of benzene rings is 2. The number of carbonyl (C=O) groups is 2. The third-order valence-corrected chi connectivity index (χ3v) is 4.20. The van der Waals surface area contributed by atoms with Crippen molar-refractivity contribution in [2.45, 2.75) is 18.9 Å². The lowest BCUT2D eigenvalue weighted by Crippen LogP contribution is -2.41. The number of carbonyl (C=O) groups excluding carboxylic acids is 2. The SMILES string of the molecule is Cl.NCC(NC(=O)c1ccc(NC(=O)c2ccccc2)cc1)C1CC1. The Kier molecular flexibility index (Phi) is 6.56. The standard InChI is InChI=1S/C19H21N3O2.ClH/c20-12-17(13-6-7-13)22-19(24)15-8-10-16(11-9-15)21-18(23)14-4-2-1-3-5-14;/h1-5,8-11,13,17H,6-7,12,20H2,(H,21,23)(H,22,24);1H. The zero-order valence-corrected chi connectivity index (χ0v) is 14.6. The van der Waals surface area contributed by atoms with Crippen LogP contribution in [0, 0.1) is 5.92 Å². The smallest absolute Gasteiger partial charge is 0.255 e. The third-order valence-electron chi connectivity index (χ3n) is 4.20. The summed E-state index contributed by atoms with van der Waals surface area (Å²) in [6, 6.07) is 15.9. The summed E-state index contributed by atoms with van der Waals surface area (Å²) in [7, 11) is 0. The minimum Gasteiger partial charge on any atom is -0.348 e. The van der Waals surface area contributed by atoms with Crippen LogP contribution in [0.25, 0.3) is 0 Å². The Labute approximate surface area is 153 Å². The first kappa shape index (κ1) is 19.0. The van der Waals surface area contributed by atoms with Gasteiger partial charge in [-0.1, -0.05) is 18.2 Å². The van der Waals surface area contributed by atoms with Gasteiger partial charge in [-0.2, -0.15) is 0 Å². The van der Waals surface area contributed by atoms with Crippen molar-refractivity contribution in [1.29, 1.82) is 0 Å². The maximum absolute atomic E-state index is 12.2. The summed E-state index contributed by atoms with van der Waals surface area (Å²) in [4.78, 5) is 24.3. The summed E-state index contributed by atoms with van der Waals surface area (Å²) in [5.41, 5.74) is 7.52. The number of halogens is 1. The van der Waals surface area contributed by atoms with Gasteiger partial charge in [-0.25, -0.2) is 0 Å². The van der Waals surface area contributed by atoms with E-state index in [1.165, 1.54) is 0 Å². The van der Waals surface area contributed by atoms with E-state index in [1.54, 1.807) is 36.4 Å². The maximum Gasteiger partial charge on any atom is 0.255 e. The fourth-order valence-corrected chi connectivity index (χ4v) is 2.62. The predicted molar refractivity (Wildman–Crippen MR) is 101 cm³/mol. The van der Waals surface area contributed by atoms with Crippen LogP contribution in [-0.4, -0.2) is 24.4 Å². The molecular weight excluding hydrogens is 338 g/mol. The van der Waals surface area contributed by atoms with Crippen LogP contribution in [-0.2, 0) is 0 Å². The molecule has 132 valence electrons. The van der Waals surface area contributed by atoms with E-state index in [4.69, 9.17) is 5.73 Å². The van der Waals surface area contributed by atoms with Crippen LogP contribution in [0.5, 0.6) is 0 Å². The molecular formula is C19H22ClN3O2. The van der Waals surface area contributed by atoms with Gasteiger partial charge in [0.25, 0.3) is 11.8 Å². The molecule has 1 aliphatic rings. The van der Waals surface area contributed by atoms with Crippen LogP contribution >= 0.6 is 12.4 Å². The van der Waals surface area contributed by atoms with Gasteiger partial charge in [-0.3, -0.25) is 9.59 Å². The monoisotopic (exact) mass is 359 g/mol. The first-order chi connectivity index (χ1) is 11.7. The van der Waals surface area contributed by atoms with Crippen LogP contribution in [0.3, 0.4) is 0 Å². The summed E-state index contributed by atoms with van der Waals surface area (Å²) in [5, 5.41) is 5.79. The second-order valence-electron chi connectivity index (χ2n) is 6.05. The Hall–Kier alpha value is -2.37. The average molecular weight is 360 g/mol. The number of hydrogen-bond donors (Lipinski definition) is 3. The molecule has 0 heterocycles. The molecule has 1 saturated carbocycles. The summed E-state index contributed by atoms with van der Waals surface area (Å²) in [6.07, 6.45) is 2.26. The second kappa shape index (κ2) is 8.65. The van der Waals surface area contributed by atoms with Crippen molar-refractivity contribution in [1.82, 2.24) is 5.32 Å². The highest BCUT2D eigenvalue weighted by Gasteiger charge is 2.31. The lowest BCUT2D eigenvalue weighted by Gasteiger charge is -2.16. The molecule has 1 unspecified atom stereocenters. The molecule has 2 aromatic rings. The van der Waals surface area contributed by atoms with Gasteiger partial charge in [-0.05, 0) is 55.2 Å². The second-order valence-corrected chi connectivity index (χ2v) is 6.05. The molecule has 0 aromatic heterocycles. The van der Waals surface area contributed by atoms with E-state index in [0.717, 1.165) is 12.8 Å². The van der Waals surface area contributed by atoms with Gasteiger partial charge in [0.1, 0.15) is 0 Å². The highest BCUT2D eigenvalue weighted by Crippen LogP contribution is 2.32. The Morgan fingerprint density at radius 3 is 2.12 bits per heavy atom. The molecule has 0 radical (unpaired) electrons. The molecule has 5 nitrogen and oxygen atoms in total. The highest BCUT2D eigenvalue weighted by atomic mass is 35.5. The van der Waals surface area contributed by atoms with Crippen molar-refractivity contribution in [3.05, 3.63) is 65.7 Å². The van der Waals surface area contributed by atoms with Gasteiger partial charge in [0.05, 0.1) is 0 Å². The van der Waals surface area contributed by atoms with Gasteiger partial charge in [0, 0.05) is 29.4 Å². The molecule has 0 spiro atoms. The molecule has 6 heteroatoms. The molecule has 2 aromatic carbocycles. The van der Waals surface area contributed by atoms with E-state index in [-0.39, 0.29) is 30.3 Å². The normalized spacial score (nSPS) is 14.1. The number of amides is 2. The van der Waals surface area contributed by atoms with E-state index in [2.05, 4.69) is 10.6 Å². The number of rotatable bonds is 6. The summed E-state index contributed by atoms with van der Waals surface area (Å²) in [5.74, 6) is 0.214. The lowest BCUT2D eigenvalue weighted by molar-refractivity contribution is 0.0933. The maximum atomic E-state index is 12.2. The number of nitrogens with one attached hydrogen (secondary N) is 2. The minimum atomic E-state index is -0.176. The topological polar surface area (TPSA) is 84.2 Å². The molecule has 4 N–H and O–H groups in total. The van der Waals surface area contributed by atoms with E-state index >= 15 is 0 Å². The molecule has 25 heavy (non-hydrogen) atoms. The summed E-state index contributed by atoms with van der Waals surface area (Å²) >= 11 is 0. The zero-order valence-electron chi connectivity index (χ0n) is 13.8. The Balaban J connectivity index is 0.00000225. The minimum absolute atomic E-state index is 0. The van der Waals surface area contributed by atoms with Crippen molar-refractivity contribution in [3.63, 3.8) is 0 Å². The Morgan fingerprint density at radius 2 is 1.56 bits per heavy atom. The highest BCUT2D eigenvalue weighted by molar-refractivity contribution is 6.04. The van der Waals surface area contributed by atoms with E-state index in [9.17, 15) is 9.59 Å². The first-order valence-corrected chi connectivity index (χ1v) is 8.15. The summed E-state index contributed by atoms with van der Waals surface area (Å²) < 4.78 is 0. The average Bonchev–Trinajstić information content (AvgIpc) is 3.46. The van der Waals surface area contributed by atoms with Crippen LogP contribution in [0.15, 0.2) is 54.6 Å². The molecule has 1 aliphatic carbocycles. The number of nitrogens with two attached hydrogens (primary N) is 1. The molecule has 0 bridgehead atoms. The zero-order chi connectivity index (χ0) is 16.9. The van der Waals surface area contributed by atoms with Crippen LogP contribution in [0.4, 0.5) is 5.69 Å². The molecule has 0 aliphatic heterocycles. The quantitative estimate of drug-likeness (QED) is 0.741. The Bertz CT molecular complexity index is 715. The van der Waals surface area contributed by atoms with Crippen molar-refractivity contribution >= 4 is 29.9 Å². The molecule has 2 amide bonds. The fourth-order valence-electron chi connectivity index (χ4n) is 2.62.